The van der Waals surface area contributed by atoms with Gasteiger partial charge in [0, 0.05) is 62.6 Å². The number of hydrogen-bond acceptors (Lipinski definition) is 7. The number of methoxy groups -OCH3 is 1. The first-order chi connectivity index (χ1) is 23.0. The Labute approximate surface area is 296 Å². The van der Waals surface area contributed by atoms with Crippen molar-refractivity contribution in [2.24, 2.45) is 13.0 Å². The van der Waals surface area contributed by atoms with Crippen LogP contribution in [0.5, 0.6) is 5.75 Å². The molecule has 0 aliphatic carbocycles. The molecule has 0 bridgehead atoms. The van der Waals surface area contributed by atoms with Gasteiger partial charge < -0.3 is 29.6 Å². The second-order valence-electron chi connectivity index (χ2n) is 11.1. The van der Waals surface area contributed by atoms with Gasteiger partial charge >= 0.3 is 6.09 Å². The molecule has 2 amide bonds. The van der Waals surface area contributed by atoms with Crippen LogP contribution in [0.4, 0.5) is 4.79 Å². The molecular formula is C37H65ClN6O4. The lowest BCUT2D eigenvalue weighted by atomic mass is 9.96. The molecule has 11 heteroatoms. The number of amides is 2. The van der Waals surface area contributed by atoms with Crippen LogP contribution in [0.1, 0.15) is 85.5 Å². The maximum absolute atomic E-state index is 12.2. The van der Waals surface area contributed by atoms with E-state index in [4.69, 9.17) is 21.1 Å². The van der Waals surface area contributed by atoms with E-state index in [9.17, 15) is 9.59 Å². The average molecular weight is 693 g/mol. The number of piperazine rings is 1. The molecule has 0 spiro atoms. The number of benzene rings is 1. The van der Waals surface area contributed by atoms with Crippen LogP contribution in [-0.4, -0.2) is 83.8 Å². The Morgan fingerprint density at radius 2 is 1.71 bits per heavy atom. The second-order valence-corrected chi connectivity index (χ2v) is 11.6. The van der Waals surface area contributed by atoms with Gasteiger partial charge in [-0.2, -0.15) is 0 Å². The van der Waals surface area contributed by atoms with Gasteiger partial charge in [-0.25, -0.2) is 9.78 Å². The lowest BCUT2D eigenvalue weighted by Gasteiger charge is -2.42. The third-order valence-corrected chi connectivity index (χ3v) is 7.53. The minimum atomic E-state index is -0.240. The van der Waals surface area contributed by atoms with E-state index in [1.807, 2.05) is 89.8 Å². The minimum absolute atomic E-state index is 0.0756. The van der Waals surface area contributed by atoms with Crippen molar-refractivity contribution >= 4 is 24.1 Å². The van der Waals surface area contributed by atoms with Gasteiger partial charge in [0.15, 0.2) is 0 Å². The van der Waals surface area contributed by atoms with Crippen molar-refractivity contribution in [1.82, 2.24) is 30.0 Å². The molecular weight excluding hydrogens is 628 g/mol. The third kappa shape index (κ3) is 18.7. The number of allylic oxidation sites excluding steroid dienone is 1. The Kier molecular flexibility index (Phi) is 27.7. The van der Waals surface area contributed by atoms with Crippen molar-refractivity contribution in [3.8, 4) is 5.75 Å². The largest absolute Gasteiger partial charge is 0.496 e. The third-order valence-electron chi connectivity index (χ3n) is 7.29. The Balaban J connectivity index is 0. The number of carbonyl (C=O) groups is 2. The molecule has 3 rings (SSSR count). The van der Waals surface area contributed by atoms with Crippen LogP contribution in [-0.2, 0) is 16.6 Å². The minimum Gasteiger partial charge on any atom is -0.496 e. The molecule has 10 nitrogen and oxygen atoms in total. The van der Waals surface area contributed by atoms with Gasteiger partial charge in [-0.1, -0.05) is 64.3 Å². The zero-order valence-electron chi connectivity index (χ0n) is 31.6. The first-order valence-corrected chi connectivity index (χ1v) is 17.4. The number of rotatable bonds is 12. The normalized spacial score (nSPS) is 13.7. The summed E-state index contributed by atoms with van der Waals surface area (Å²) in [6, 6.07) is 5.99. The van der Waals surface area contributed by atoms with E-state index in [-0.39, 0.29) is 24.3 Å². The molecule has 1 unspecified atom stereocenters. The van der Waals surface area contributed by atoms with Gasteiger partial charge in [0.1, 0.15) is 5.75 Å². The van der Waals surface area contributed by atoms with Crippen molar-refractivity contribution in [3.63, 3.8) is 0 Å². The number of nitrogens with zero attached hydrogens (tertiary/aromatic N) is 4. The zero-order valence-corrected chi connectivity index (χ0v) is 32.3. The number of hydrogen-bond donors (Lipinski definition) is 2. The van der Waals surface area contributed by atoms with E-state index in [2.05, 4.69) is 54.4 Å². The maximum atomic E-state index is 12.2. The number of nitrogens with one attached hydrogen (secondary N) is 2. The number of imidazole rings is 1. The van der Waals surface area contributed by atoms with Crippen molar-refractivity contribution in [3.05, 3.63) is 72.4 Å². The molecule has 0 radical (unpaired) electrons. The highest BCUT2D eigenvalue weighted by Crippen LogP contribution is 2.34. The summed E-state index contributed by atoms with van der Waals surface area (Å²) in [6.45, 7) is 27.7. The SMILES string of the molecule is C/C=C\NC(C)[C@@H](c1ccc(Cl)cc1OC)N1CCN(C(=O)OC(C)C)CC1.C=C.CC.CCC(CC)CNC=O.Cc1cn(C)cn1. The van der Waals surface area contributed by atoms with E-state index in [1.54, 1.807) is 18.3 Å². The smallest absolute Gasteiger partial charge is 0.410 e. The fraction of sp³-hybridized carbons (Fsp3) is 0.595. The van der Waals surface area contributed by atoms with Crippen LogP contribution in [0.25, 0.3) is 0 Å². The summed E-state index contributed by atoms with van der Waals surface area (Å²) >= 11 is 6.17. The van der Waals surface area contributed by atoms with Gasteiger partial charge in [0.25, 0.3) is 0 Å². The van der Waals surface area contributed by atoms with Gasteiger partial charge in [0.05, 0.1) is 31.3 Å². The highest BCUT2D eigenvalue weighted by molar-refractivity contribution is 6.30. The molecule has 274 valence electrons. The van der Waals surface area contributed by atoms with Crippen molar-refractivity contribution in [1.29, 1.82) is 0 Å². The zero-order chi connectivity index (χ0) is 37.1. The first kappa shape index (κ1) is 46.6. The van der Waals surface area contributed by atoms with E-state index in [1.165, 1.54) is 0 Å². The van der Waals surface area contributed by atoms with Crippen molar-refractivity contribution in [2.45, 2.75) is 93.3 Å². The van der Waals surface area contributed by atoms with Crippen LogP contribution in [0, 0.1) is 12.8 Å². The van der Waals surface area contributed by atoms with Gasteiger partial charge in [0.2, 0.25) is 6.41 Å². The summed E-state index contributed by atoms with van der Waals surface area (Å²) in [7, 11) is 3.62. The predicted molar refractivity (Wildman–Crippen MR) is 202 cm³/mol. The van der Waals surface area contributed by atoms with E-state index in [0.717, 1.165) is 55.9 Å². The maximum Gasteiger partial charge on any atom is 0.410 e. The Hall–Kier alpha value is -3.50. The molecule has 2 N–H and O–H groups in total. The van der Waals surface area contributed by atoms with E-state index >= 15 is 0 Å². The van der Waals surface area contributed by atoms with E-state index in [0.29, 0.717) is 24.0 Å². The lowest BCUT2D eigenvalue weighted by Crippen LogP contribution is -2.53. The van der Waals surface area contributed by atoms with Crippen LogP contribution in [0.15, 0.2) is 56.2 Å². The fourth-order valence-electron chi connectivity index (χ4n) is 4.85. The monoisotopic (exact) mass is 692 g/mol. The molecule has 2 aromatic rings. The van der Waals surface area contributed by atoms with Gasteiger partial charge in [-0.3, -0.25) is 9.69 Å². The molecule has 1 aliphatic rings. The van der Waals surface area contributed by atoms with Crippen molar-refractivity contribution < 1.29 is 19.1 Å². The van der Waals surface area contributed by atoms with Crippen LogP contribution in [0.3, 0.4) is 0 Å². The number of halogens is 1. The summed E-state index contributed by atoms with van der Waals surface area (Å²) in [5.41, 5.74) is 2.15. The molecule has 2 heterocycles. The molecule has 1 aromatic heterocycles. The lowest BCUT2D eigenvalue weighted by molar-refractivity contribution is -0.109. The average Bonchev–Trinajstić information content (AvgIpc) is 3.49. The molecule has 0 saturated carbocycles. The Morgan fingerprint density at radius 1 is 1.10 bits per heavy atom. The molecule has 1 aliphatic heterocycles. The number of aromatic nitrogens is 2. The van der Waals surface area contributed by atoms with Gasteiger partial charge in [-0.05, 0) is 58.9 Å². The van der Waals surface area contributed by atoms with Crippen molar-refractivity contribution in [2.75, 3.05) is 39.8 Å². The summed E-state index contributed by atoms with van der Waals surface area (Å²) in [5.74, 6) is 1.43. The molecule has 1 saturated heterocycles. The fourth-order valence-corrected chi connectivity index (χ4v) is 5.01. The number of ether oxygens (including phenoxy) is 2. The molecule has 2 atom stereocenters. The van der Waals surface area contributed by atoms with Gasteiger partial charge in [-0.15, -0.1) is 13.2 Å². The predicted octanol–water partition coefficient (Wildman–Crippen LogP) is 7.79. The van der Waals surface area contributed by atoms with Crippen LogP contribution >= 0.6 is 11.6 Å². The summed E-state index contributed by atoms with van der Waals surface area (Å²) < 4.78 is 12.9. The second kappa shape index (κ2) is 28.5. The summed E-state index contributed by atoms with van der Waals surface area (Å²) in [4.78, 5) is 30.2. The highest BCUT2D eigenvalue weighted by Gasteiger charge is 2.32. The first-order valence-electron chi connectivity index (χ1n) is 17.0. The molecule has 48 heavy (non-hydrogen) atoms. The quantitative estimate of drug-likeness (QED) is 0.173. The topological polar surface area (TPSA) is 101 Å². The summed E-state index contributed by atoms with van der Waals surface area (Å²) in [6.07, 6.45) is 10.4. The number of aryl methyl sites for hydroxylation is 2. The highest BCUT2D eigenvalue weighted by atomic mass is 35.5. The Bertz CT molecular complexity index is 1110. The van der Waals surface area contributed by atoms with Crippen LogP contribution in [0.2, 0.25) is 5.02 Å². The van der Waals surface area contributed by atoms with Crippen LogP contribution < -0.4 is 15.4 Å². The number of carbonyl (C=O) groups excluding carboxylic acids is 2. The summed E-state index contributed by atoms with van der Waals surface area (Å²) in [5, 5.41) is 6.76. The Morgan fingerprint density at radius 3 is 2.12 bits per heavy atom. The standard InChI is InChI=1S/C21H32ClN3O3.C7H15NO.C5H8N2.C2H6.C2H4/c1-6-9-23-16(4)20(18-8-7-17(22)14-19(18)27-5)24-10-12-25(13-11-24)21(26)28-15(2)3;1-3-7(4-2)5-8-6-9;1-5-3-7(2)4-6-5;2*1-2/h6-9,14-16,20,23H,10-13H2,1-5H3;6-7H,3-5H2,1-2H3,(H,8,9);3-4H,1-2H3;1-2H3;1-2H2/b9-6-;;;;/t16?,20-;;;;/m0..../s1. The molecule has 1 fully saturated rings. The molecule has 1 aromatic carbocycles. The van der Waals surface area contributed by atoms with E-state index < -0.39 is 0 Å².